The Labute approximate surface area is 81.9 Å². The molecule has 0 saturated carbocycles. The van der Waals surface area contributed by atoms with Crippen LogP contribution in [0.25, 0.3) is 21.9 Å². The molecule has 0 bridgehead atoms. The fourth-order valence-electron chi connectivity index (χ4n) is 1.57. The minimum Gasteiger partial charge on any atom is -0.460 e. The van der Waals surface area contributed by atoms with Crippen LogP contribution in [0, 0.1) is 0 Å². The van der Waals surface area contributed by atoms with Crippen LogP contribution in [0.1, 0.15) is 0 Å². The van der Waals surface area contributed by atoms with Crippen molar-refractivity contribution in [2.75, 3.05) is 0 Å². The van der Waals surface area contributed by atoms with E-state index >= 15 is 0 Å². The normalized spacial score (nSPS) is 11.2. The standard InChI is InChI=1S/C10H5NO4/c12-9-5-1-3-14-7(5)8-6(2-4-15-8)10(13)11-9/h1-4H,(H,11,12,13). The minimum absolute atomic E-state index is 0.290. The number of nitrogens with one attached hydrogen (secondary N) is 1. The first-order valence-corrected chi connectivity index (χ1v) is 4.28. The Morgan fingerprint density at radius 2 is 1.33 bits per heavy atom. The minimum atomic E-state index is -0.477. The van der Waals surface area contributed by atoms with Crippen molar-refractivity contribution in [3.63, 3.8) is 0 Å². The fraction of sp³-hybridized carbons (Fsp3) is 0. The summed E-state index contributed by atoms with van der Waals surface area (Å²) in [4.78, 5) is 25.2. The topological polar surface area (TPSA) is 76.2 Å². The van der Waals surface area contributed by atoms with Crippen molar-refractivity contribution in [2.45, 2.75) is 0 Å². The van der Waals surface area contributed by atoms with Crippen LogP contribution in [-0.2, 0) is 0 Å². The highest BCUT2D eigenvalue weighted by atomic mass is 16.4. The van der Waals surface area contributed by atoms with Crippen molar-refractivity contribution >= 4 is 21.9 Å². The van der Waals surface area contributed by atoms with E-state index in [1.807, 2.05) is 0 Å². The molecule has 0 aliphatic carbocycles. The second-order valence-electron chi connectivity index (χ2n) is 3.11. The van der Waals surface area contributed by atoms with Gasteiger partial charge < -0.3 is 8.83 Å². The lowest BCUT2D eigenvalue weighted by Gasteiger charge is -1.79. The van der Waals surface area contributed by atoms with Gasteiger partial charge in [0.1, 0.15) is 0 Å². The van der Waals surface area contributed by atoms with Gasteiger partial charge in [0.2, 0.25) is 0 Å². The van der Waals surface area contributed by atoms with Crippen molar-refractivity contribution in [1.29, 1.82) is 0 Å². The molecule has 0 amide bonds. The monoisotopic (exact) mass is 203 g/mol. The average molecular weight is 203 g/mol. The van der Waals surface area contributed by atoms with E-state index in [0.717, 1.165) is 0 Å². The first-order valence-electron chi connectivity index (χ1n) is 4.28. The zero-order valence-corrected chi connectivity index (χ0v) is 7.44. The molecule has 15 heavy (non-hydrogen) atoms. The van der Waals surface area contributed by atoms with Gasteiger partial charge >= 0.3 is 0 Å². The van der Waals surface area contributed by atoms with Crippen LogP contribution in [0.2, 0.25) is 0 Å². The first-order chi connectivity index (χ1) is 7.27. The molecular formula is C10H5NO4. The second-order valence-corrected chi connectivity index (χ2v) is 3.11. The van der Waals surface area contributed by atoms with Crippen molar-refractivity contribution in [3.05, 3.63) is 45.4 Å². The average Bonchev–Trinajstić information content (AvgIpc) is 2.83. The number of aromatic amines is 1. The number of H-pyrrole nitrogens is 1. The van der Waals surface area contributed by atoms with Gasteiger partial charge in [0.25, 0.3) is 11.1 Å². The molecule has 0 unspecified atom stereocenters. The van der Waals surface area contributed by atoms with Crippen LogP contribution in [0.5, 0.6) is 0 Å². The highest BCUT2D eigenvalue weighted by molar-refractivity contribution is 5.97. The molecule has 3 aromatic rings. The number of rotatable bonds is 0. The molecule has 3 heterocycles. The molecule has 5 nitrogen and oxygen atoms in total. The molecule has 0 aromatic carbocycles. The molecule has 1 N–H and O–H groups in total. The summed E-state index contributed by atoms with van der Waals surface area (Å²) in [5, 5.41) is 0.606. The van der Waals surface area contributed by atoms with E-state index in [1.54, 1.807) is 0 Å². The molecule has 0 radical (unpaired) electrons. The van der Waals surface area contributed by atoms with Gasteiger partial charge in [-0.3, -0.25) is 14.6 Å². The quantitative estimate of drug-likeness (QED) is 0.596. The number of aromatic nitrogens is 1. The molecule has 0 aliphatic heterocycles. The van der Waals surface area contributed by atoms with Crippen LogP contribution in [-0.4, -0.2) is 4.98 Å². The van der Waals surface area contributed by atoms with Crippen molar-refractivity contribution in [2.24, 2.45) is 0 Å². The molecule has 0 atom stereocenters. The summed E-state index contributed by atoms with van der Waals surface area (Å²) < 4.78 is 10.3. The van der Waals surface area contributed by atoms with Crippen LogP contribution in [0.3, 0.4) is 0 Å². The van der Waals surface area contributed by atoms with Gasteiger partial charge in [-0.2, -0.15) is 0 Å². The van der Waals surface area contributed by atoms with Gasteiger partial charge in [-0.05, 0) is 12.1 Å². The van der Waals surface area contributed by atoms with E-state index in [1.165, 1.54) is 24.7 Å². The Bertz CT molecular complexity index is 698. The molecule has 74 valence electrons. The molecule has 0 saturated heterocycles. The van der Waals surface area contributed by atoms with Gasteiger partial charge in [0.05, 0.1) is 23.3 Å². The van der Waals surface area contributed by atoms with E-state index in [2.05, 4.69) is 4.98 Å². The SMILES string of the molecule is O=c1[nH]c(=O)c2ccoc2c2occc12. The van der Waals surface area contributed by atoms with Crippen LogP contribution >= 0.6 is 0 Å². The van der Waals surface area contributed by atoms with E-state index in [9.17, 15) is 9.59 Å². The Balaban J connectivity index is 2.86. The molecule has 3 aromatic heterocycles. The van der Waals surface area contributed by atoms with Gasteiger partial charge in [0.15, 0.2) is 11.2 Å². The fourth-order valence-corrected chi connectivity index (χ4v) is 1.57. The largest absolute Gasteiger partial charge is 0.460 e. The maximum absolute atomic E-state index is 11.5. The number of hydrogen-bond donors (Lipinski definition) is 1. The van der Waals surface area contributed by atoms with E-state index in [4.69, 9.17) is 8.83 Å². The molecule has 0 spiro atoms. The molecule has 3 rings (SSSR count). The van der Waals surface area contributed by atoms with Gasteiger partial charge in [-0.25, -0.2) is 0 Å². The zero-order chi connectivity index (χ0) is 10.4. The van der Waals surface area contributed by atoms with Crippen LogP contribution < -0.4 is 11.1 Å². The summed E-state index contributed by atoms with van der Waals surface area (Å²) in [6.07, 6.45) is 2.76. The predicted molar refractivity (Wildman–Crippen MR) is 52.9 cm³/mol. The van der Waals surface area contributed by atoms with Gasteiger partial charge in [0, 0.05) is 0 Å². The first kappa shape index (κ1) is 8.05. The van der Waals surface area contributed by atoms with Gasteiger partial charge in [-0.1, -0.05) is 0 Å². The lowest BCUT2D eigenvalue weighted by Crippen LogP contribution is -2.13. The van der Waals surface area contributed by atoms with E-state index < -0.39 is 11.1 Å². The van der Waals surface area contributed by atoms with Gasteiger partial charge in [-0.15, -0.1) is 0 Å². The summed E-state index contributed by atoms with van der Waals surface area (Å²) >= 11 is 0. The third-order valence-electron chi connectivity index (χ3n) is 2.25. The Morgan fingerprint density at radius 1 is 0.867 bits per heavy atom. The molecular weight excluding hydrogens is 198 g/mol. The summed E-state index contributed by atoms with van der Waals surface area (Å²) in [5.41, 5.74) is -0.373. The Morgan fingerprint density at radius 3 is 1.80 bits per heavy atom. The van der Waals surface area contributed by atoms with E-state index in [-0.39, 0.29) is 0 Å². The van der Waals surface area contributed by atoms with Crippen molar-refractivity contribution < 1.29 is 8.83 Å². The second kappa shape index (κ2) is 2.60. The third-order valence-corrected chi connectivity index (χ3v) is 2.25. The predicted octanol–water partition coefficient (Wildman–Crippen LogP) is 1.23. The highest BCUT2D eigenvalue weighted by Crippen LogP contribution is 2.20. The number of hydrogen-bond acceptors (Lipinski definition) is 4. The molecule has 0 aliphatic rings. The number of furan rings is 2. The molecule has 0 fully saturated rings. The molecule has 5 heteroatoms. The lowest BCUT2D eigenvalue weighted by molar-refractivity contribution is 0.583. The maximum Gasteiger partial charge on any atom is 0.262 e. The Kier molecular flexibility index (Phi) is 1.39. The van der Waals surface area contributed by atoms with Crippen LogP contribution in [0.4, 0.5) is 0 Å². The van der Waals surface area contributed by atoms with Crippen LogP contribution in [0.15, 0.2) is 43.1 Å². The number of fused-ring (bicyclic) bond motifs is 3. The zero-order valence-electron chi connectivity index (χ0n) is 7.44. The third kappa shape index (κ3) is 0.969. The summed E-state index contributed by atoms with van der Waals surface area (Å²) in [6, 6.07) is 2.99. The summed E-state index contributed by atoms with van der Waals surface area (Å²) in [5.74, 6) is 0. The van der Waals surface area contributed by atoms with Crippen molar-refractivity contribution in [3.8, 4) is 0 Å². The van der Waals surface area contributed by atoms with Crippen molar-refractivity contribution in [1.82, 2.24) is 4.98 Å². The summed E-state index contributed by atoms with van der Waals surface area (Å²) in [6.45, 7) is 0. The highest BCUT2D eigenvalue weighted by Gasteiger charge is 2.10. The lowest BCUT2D eigenvalue weighted by atomic mass is 10.3. The summed E-state index contributed by atoms with van der Waals surface area (Å²) in [7, 11) is 0. The smallest absolute Gasteiger partial charge is 0.262 e. The van der Waals surface area contributed by atoms with E-state index in [0.29, 0.717) is 21.9 Å². The Hall–Kier alpha value is -2.30. The maximum atomic E-state index is 11.5.